The van der Waals surface area contributed by atoms with E-state index in [1.807, 2.05) is 22.9 Å². The van der Waals surface area contributed by atoms with E-state index in [-0.39, 0.29) is 11.1 Å². The molecule has 2 heterocycles. The summed E-state index contributed by atoms with van der Waals surface area (Å²) < 4.78 is 11.2. The van der Waals surface area contributed by atoms with Gasteiger partial charge in [0.05, 0.1) is 11.1 Å². The van der Waals surface area contributed by atoms with Gasteiger partial charge in [-0.2, -0.15) is 10.5 Å². The van der Waals surface area contributed by atoms with E-state index in [0.717, 1.165) is 0 Å². The van der Waals surface area contributed by atoms with Crippen molar-refractivity contribution in [2.45, 2.75) is 0 Å². The van der Waals surface area contributed by atoms with Crippen LogP contribution in [0.2, 0.25) is 0 Å². The normalized spacial score (nSPS) is 11.2. The molecule has 0 amide bonds. The number of nitriles is 2. The highest BCUT2D eigenvalue weighted by atomic mass is 32.1. The SMILES string of the molecule is N#Cc1cc2c(cc1C#N)Oc1cscc1O2. The molecule has 0 aliphatic carbocycles. The summed E-state index contributed by atoms with van der Waals surface area (Å²) in [6.07, 6.45) is 0. The monoisotopic (exact) mass is 240 g/mol. The van der Waals surface area contributed by atoms with Gasteiger partial charge >= 0.3 is 0 Å². The van der Waals surface area contributed by atoms with Gasteiger partial charge in [0.1, 0.15) is 12.1 Å². The van der Waals surface area contributed by atoms with Gasteiger partial charge in [0.25, 0.3) is 0 Å². The Morgan fingerprint density at radius 2 is 1.29 bits per heavy atom. The summed E-state index contributed by atoms with van der Waals surface area (Å²) in [4.78, 5) is 0. The molecule has 1 aromatic carbocycles. The molecule has 0 atom stereocenters. The minimum Gasteiger partial charge on any atom is -0.449 e. The topological polar surface area (TPSA) is 66.0 Å². The van der Waals surface area contributed by atoms with Crippen molar-refractivity contribution in [3.8, 4) is 35.1 Å². The van der Waals surface area contributed by atoms with Gasteiger partial charge in [-0.1, -0.05) is 0 Å². The Hall–Kier alpha value is -2.50. The number of rotatable bonds is 0. The lowest BCUT2D eigenvalue weighted by Crippen LogP contribution is -1.98. The highest BCUT2D eigenvalue weighted by molar-refractivity contribution is 7.08. The van der Waals surface area contributed by atoms with Crippen molar-refractivity contribution in [3.05, 3.63) is 34.0 Å². The predicted octanol–water partition coefficient (Wildman–Crippen LogP) is 3.39. The molecule has 0 spiro atoms. The predicted molar refractivity (Wildman–Crippen MR) is 60.3 cm³/mol. The Bertz CT molecular complexity index is 634. The number of fused-ring (bicyclic) bond motifs is 2. The van der Waals surface area contributed by atoms with Gasteiger partial charge in [-0.25, -0.2) is 0 Å². The highest BCUT2D eigenvalue weighted by Crippen LogP contribution is 2.47. The minimum absolute atomic E-state index is 0.286. The number of ether oxygens (including phenoxy) is 2. The van der Waals surface area contributed by atoms with Crippen LogP contribution in [0.15, 0.2) is 22.9 Å². The molecule has 0 unspecified atom stereocenters. The molecule has 1 aliphatic rings. The zero-order valence-electron chi connectivity index (χ0n) is 8.43. The summed E-state index contributed by atoms with van der Waals surface area (Å²) in [7, 11) is 0. The zero-order chi connectivity index (χ0) is 11.8. The third-order valence-corrected chi connectivity index (χ3v) is 3.06. The van der Waals surface area contributed by atoms with Crippen molar-refractivity contribution in [1.82, 2.24) is 0 Å². The van der Waals surface area contributed by atoms with E-state index in [0.29, 0.717) is 23.0 Å². The van der Waals surface area contributed by atoms with E-state index >= 15 is 0 Å². The number of nitrogens with zero attached hydrogens (tertiary/aromatic N) is 2. The second-order valence-electron chi connectivity index (χ2n) is 3.37. The molecule has 4 nitrogen and oxygen atoms in total. The average molecular weight is 240 g/mol. The van der Waals surface area contributed by atoms with Crippen LogP contribution in [0.1, 0.15) is 11.1 Å². The van der Waals surface area contributed by atoms with Crippen molar-refractivity contribution >= 4 is 11.3 Å². The molecule has 3 rings (SSSR count). The quantitative estimate of drug-likeness (QED) is 0.604. The van der Waals surface area contributed by atoms with Gasteiger partial charge in [0, 0.05) is 22.9 Å². The Morgan fingerprint density at radius 1 is 0.824 bits per heavy atom. The lowest BCUT2D eigenvalue weighted by Gasteiger charge is -2.18. The molecule has 1 aliphatic heterocycles. The Morgan fingerprint density at radius 3 is 1.71 bits per heavy atom. The number of thiophene rings is 1. The van der Waals surface area contributed by atoms with Gasteiger partial charge in [-0.05, 0) is 0 Å². The second-order valence-corrected chi connectivity index (χ2v) is 4.12. The summed E-state index contributed by atoms with van der Waals surface area (Å²) in [5.74, 6) is 2.20. The molecule has 17 heavy (non-hydrogen) atoms. The fourth-order valence-electron chi connectivity index (χ4n) is 1.56. The lowest BCUT2D eigenvalue weighted by molar-refractivity contribution is 0.362. The van der Waals surface area contributed by atoms with Gasteiger partial charge in [0.15, 0.2) is 23.0 Å². The Balaban J connectivity index is 2.16. The third-order valence-electron chi connectivity index (χ3n) is 2.36. The van der Waals surface area contributed by atoms with Crippen LogP contribution >= 0.6 is 11.3 Å². The standard InChI is InChI=1S/C12H4N2O2S/c13-3-7-1-9-10(2-8(7)4-14)16-12-6-17-5-11(12)15-9/h1-2,5-6H. The second kappa shape index (κ2) is 3.51. The van der Waals surface area contributed by atoms with E-state index in [9.17, 15) is 0 Å². The van der Waals surface area contributed by atoms with Crippen LogP contribution in [0.3, 0.4) is 0 Å². The van der Waals surface area contributed by atoms with Gasteiger partial charge in [-0.3, -0.25) is 0 Å². The molecule has 0 saturated carbocycles. The molecule has 0 fully saturated rings. The lowest BCUT2D eigenvalue weighted by atomic mass is 10.1. The Kier molecular flexibility index (Phi) is 2.01. The van der Waals surface area contributed by atoms with Crippen molar-refractivity contribution in [1.29, 1.82) is 10.5 Å². The molecular formula is C12H4N2O2S. The van der Waals surface area contributed by atoms with Crippen LogP contribution < -0.4 is 9.47 Å². The van der Waals surface area contributed by atoms with E-state index < -0.39 is 0 Å². The van der Waals surface area contributed by atoms with Crippen LogP contribution in [0.4, 0.5) is 0 Å². The summed E-state index contributed by atoms with van der Waals surface area (Å²) in [5.41, 5.74) is 0.571. The molecule has 2 aromatic rings. The molecular weight excluding hydrogens is 236 g/mol. The minimum atomic E-state index is 0.286. The zero-order valence-corrected chi connectivity index (χ0v) is 9.25. The fraction of sp³-hybridized carbons (Fsp3) is 0. The van der Waals surface area contributed by atoms with Gasteiger partial charge in [-0.15, -0.1) is 11.3 Å². The van der Waals surface area contributed by atoms with Crippen LogP contribution in [0, 0.1) is 22.7 Å². The molecule has 0 N–H and O–H groups in total. The largest absolute Gasteiger partial charge is 0.449 e. The van der Waals surface area contributed by atoms with Gasteiger partial charge < -0.3 is 9.47 Å². The van der Waals surface area contributed by atoms with Crippen LogP contribution in [-0.2, 0) is 0 Å². The van der Waals surface area contributed by atoms with E-state index in [2.05, 4.69) is 0 Å². The van der Waals surface area contributed by atoms with Crippen molar-refractivity contribution in [2.24, 2.45) is 0 Å². The Labute approximate surface area is 101 Å². The number of hydrogen-bond donors (Lipinski definition) is 0. The maximum atomic E-state index is 8.91. The fourth-order valence-corrected chi connectivity index (χ4v) is 2.21. The summed E-state index contributed by atoms with van der Waals surface area (Å²) in [5, 5.41) is 21.5. The number of benzene rings is 1. The van der Waals surface area contributed by atoms with E-state index in [4.69, 9.17) is 20.0 Å². The first kappa shape index (κ1) is 9.71. The first-order chi connectivity index (χ1) is 8.31. The van der Waals surface area contributed by atoms with Crippen molar-refractivity contribution in [3.63, 3.8) is 0 Å². The summed E-state index contributed by atoms with van der Waals surface area (Å²) >= 11 is 1.47. The average Bonchev–Trinajstić information content (AvgIpc) is 2.81. The number of hydrogen-bond acceptors (Lipinski definition) is 5. The summed E-state index contributed by atoms with van der Waals surface area (Å²) in [6.45, 7) is 0. The third kappa shape index (κ3) is 1.42. The van der Waals surface area contributed by atoms with E-state index in [1.54, 1.807) is 0 Å². The molecule has 1 aromatic heterocycles. The molecule has 0 radical (unpaired) electrons. The van der Waals surface area contributed by atoms with Crippen molar-refractivity contribution in [2.75, 3.05) is 0 Å². The highest BCUT2D eigenvalue weighted by Gasteiger charge is 2.21. The van der Waals surface area contributed by atoms with Gasteiger partial charge in [0.2, 0.25) is 0 Å². The maximum Gasteiger partial charge on any atom is 0.180 e. The summed E-state index contributed by atoms with van der Waals surface area (Å²) in [6, 6.07) is 6.96. The molecule has 5 heteroatoms. The van der Waals surface area contributed by atoms with Crippen LogP contribution in [-0.4, -0.2) is 0 Å². The molecule has 0 bridgehead atoms. The van der Waals surface area contributed by atoms with Crippen LogP contribution in [0.5, 0.6) is 23.0 Å². The van der Waals surface area contributed by atoms with Crippen molar-refractivity contribution < 1.29 is 9.47 Å². The van der Waals surface area contributed by atoms with Crippen LogP contribution in [0.25, 0.3) is 0 Å². The molecule has 0 saturated heterocycles. The smallest absolute Gasteiger partial charge is 0.180 e. The van der Waals surface area contributed by atoms with E-state index in [1.165, 1.54) is 23.5 Å². The first-order valence-electron chi connectivity index (χ1n) is 4.72. The molecule has 80 valence electrons. The maximum absolute atomic E-state index is 8.91. The first-order valence-corrected chi connectivity index (χ1v) is 5.66.